The van der Waals surface area contributed by atoms with Crippen LogP contribution in [0.25, 0.3) is 4.96 Å². The number of nitrogens with zero attached hydrogens (tertiary/aromatic N) is 4. The van der Waals surface area contributed by atoms with Crippen molar-refractivity contribution in [2.45, 2.75) is 25.6 Å². The maximum atomic E-state index is 12.8. The largest absolute Gasteiger partial charge is 0.466 e. The standard InChI is InChI=1S/C20H22N4O4S2/c1-2-28-19(27)5-7-23(12-15-4-3-6-21-11-15)18(26)14-29-13-16-10-17(25)24-8-9-30-20(24)22-16/h3-4,6,8-11H,2,5,7,12-14H2,1H3. The highest BCUT2D eigenvalue weighted by Crippen LogP contribution is 2.14. The van der Waals surface area contributed by atoms with Gasteiger partial charge >= 0.3 is 5.97 Å². The molecule has 3 rings (SSSR count). The third-order valence-electron chi connectivity index (χ3n) is 4.17. The van der Waals surface area contributed by atoms with Crippen molar-refractivity contribution < 1.29 is 14.3 Å². The second-order valence-electron chi connectivity index (χ2n) is 6.37. The molecule has 3 heterocycles. The van der Waals surface area contributed by atoms with Crippen LogP contribution in [0.5, 0.6) is 0 Å². The van der Waals surface area contributed by atoms with Crippen molar-refractivity contribution in [3.63, 3.8) is 0 Å². The minimum atomic E-state index is -0.330. The molecule has 0 saturated heterocycles. The summed E-state index contributed by atoms with van der Waals surface area (Å²) in [5, 5.41) is 1.81. The molecule has 1 amide bonds. The molecule has 0 N–H and O–H groups in total. The molecule has 0 aliphatic carbocycles. The van der Waals surface area contributed by atoms with Gasteiger partial charge in [0.1, 0.15) is 0 Å². The van der Waals surface area contributed by atoms with Gasteiger partial charge in [0.05, 0.1) is 24.5 Å². The van der Waals surface area contributed by atoms with Gasteiger partial charge in [0.25, 0.3) is 5.56 Å². The van der Waals surface area contributed by atoms with Crippen molar-refractivity contribution in [3.05, 3.63) is 63.8 Å². The summed E-state index contributed by atoms with van der Waals surface area (Å²) in [7, 11) is 0. The van der Waals surface area contributed by atoms with Gasteiger partial charge in [-0.25, -0.2) is 4.98 Å². The third kappa shape index (κ3) is 6.14. The van der Waals surface area contributed by atoms with E-state index in [1.165, 1.54) is 33.6 Å². The van der Waals surface area contributed by atoms with Gasteiger partial charge in [-0.2, -0.15) is 0 Å². The van der Waals surface area contributed by atoms with Gasteiger partial charge in [-0.3, -0.25) is 23.8 Å². The van der Waals surface area contributed by atoms with E-state index >= 15 is 0 Å². The van der Waals surface area contributed by atoms with Crippen LogP contribution in [0.4, 0.5) is 0 Å². The molecule has 0 aliphatic heterocycles. The molecule has 30 heavy (non-hydrogen) atoms. The molecule has 0 atom stereocenters. The SMILES string of the molecule is CCOC(=O)CCN(Cc1cccnc1)C(=O)CSCc1cc(=O)n2ccsc2n1. The van der Waals surface area contributed by atoms with Crippen LogP contribution in [-0.2, 0) is 26.6 Å². The Kier molecular flexibility index (Phi) is 7.97. The number of carbonyl (C=O) groups is 2. The molecule has 3 aromatic heterocycles. The second kappa shape index (κ2) is 10.9. The summed E-state index contributed by atoms with van der Waals surface area (Å²) in [6.07, 6.45) is 5.20. The monoisotopic (exact) mass is 446 g/mol. The minimum absolute atomic E-state index is 0.0953. The molecule has 158 valence electrons. The second-order valence-corrected chi connectivity index (χ2v) is 8.22. The van der Waals surface area contributed by atoms with E-state index in [9.17, 15) is 14.4 Å². The van der Waals surface area contributed by atoms with Gasteiger partial charge < -0.3 is 9.64 Å². The number of esters is 1. The average Bonchev–Trinajstić information content (AvgIpc) is 3.21. The van der Waals surface area contributed by atoms with Gasteiger partial charge in [-0.15, -0.1) is 23.1 Å². The van der Waals surface area contributed by atoms with Crippen molar-refractivity contribution in [3.8, 4) is 0 Å². The average molecular weight is 447 g/mol. The smallest absolute Gasteiger partial charge is 0.307 e. The Hall–Kier alpha value is -2.72. The van der Waals surface area contributed by atoms with Crippen molar-refractivity contribution in [2.75, 3.05) is 18.9 Å². The summed E-state index contributed by atoms with van der Waals surface area (Å²) in [5.74, 6) is 0.243. The van der Waals surface area contributed by atoms with E-state index in [0.717, 1.165) is 5.56 Å². The highest BCUT2D eigenvalue weighted by molar-refractivity contribution is 7.99. The van der Waals surface area contributed by atoms with Crippen molar-refractivity contribution >= 4 is 39.9 Å². The molecule has 0 spiro atoms. The Bertz CT molecular complexity index is 1050. The number of rotatable bonds is 10. The maximum absolute atomic E-state index is 12.8. The fraction of sp³-hybridized carbons (Fsp3) is 0.350. The van der Waals surface area contributed by atoms with Crippen LogP contribution >= 0.6 is 23.1 Å². The predicted octanol–water partition coefficient (Wildman–Crippen LogP) is 2.37. The number of amides is 1. The normalized spacial score (nSPS) is 10.8. The quantitative estimate of drug-likeness (QED) is 0.441. The van der Waals surface area contributed by atoms with E-state index in [1.807, 2.05) is 17.5 Å². The number of hydrogen-bond donors (Lipinski definition) is 0. The molecule has 8 nitrogen and oxygen atoms in total. The highest BCUT2D eigenvalue weighted by atomic mass is 32.2. The molecule has 0 radical (unpaired) electrons. The summed E-state index contributed by atoms with van der Waals surface area (Å²) in [6, 6.07) is 5.19. The minimum Gasteiger partial charge on any atom is -0.466 e. The Labute approximate surface area is 181 Å². The zero-order chi connectivity index (χ0) is 21.3. The number of ether oxygens (including phenoxy) is 1. The summed E-state index contributed by atoms with van der Waals surface area (Å²) in [5.41, 5.74) is 1.40. The molecule has 10 heteroatoms. The first-order chi connectivity index (χ1) is 14.6. The van der Waals surface area contributed by atoms with Crippen LogP contribution < -0.4 is 5.56 Å². The topological polar surface area (TPSA) is 93.9 Å². The Morgan fingerprint density at radius 3 is 3.00 bits per heavy atom. The van der Waals surface area contributed by atoms with E-state index in [0.29, 0.717) is 29.6 Å². The molecular weight excluding hydrogens is 424 g/mol. The van der Waals surface area contributed by atoms with Crippen LogP contribution in [-0.4, -0.2) is 50.0 Å². The van der Waals surface area contributed by atoms with Crippen LogP contribution in [0.15, 0.2) is 47.0 Å². The zero-order valence-corrected chi connectivity index (χ0v) is 18.2. The maximum Gasteiger partial charge on any atom is 0.307 e. The number of carbonyl (C=O) groups excluding carboxylic acids is 2. The lowest BCUT2D eigenvalue weighted by Crippen LogP contribution is -2.34. The molecule has 3 aromatic rings. The van der Waals surface area contributed by atoms with Crippen LogP contribution in [0, 0.1) is 0 Å². The van der Waals surface area contributed by atoms with Crippen molar-refractivity contribution in [1.29, 1.82) is 0 Å². The fourth-order valence-corrected chi connectivity index (χ4v) is 4.31. The lowest BCUT2D eigenvalue weighted by Gasteiger charge is -2.22. The van der Waals surface area contributed by atoms with Crippen molar-refractivity contribution in [1.82, 2.24) is 19.3 Å². The van der Waals surface area contributed by atoms with Crippen molar-refractivity contribution in [2.24, 2.45) is 0 Å². The number of aromatic nitrogens is 3. The summed E-state index contributed by atoms with van der Waals surface area (Å²) >= 11 is 2.78. The van der Waals surface area contributed by atoms with Gasteiger partial charge in [0.15, 0.2) is 4.96 Å². The number of thioether (sulfide) groups is 1. The zero-order valence-electron chi connectivity index (χ0n) is 16.5. The molecular formula is C20H22N4O4S2. The Morgan fingerprint density at radius 1 is 1.37 bits per heavy atom. The van der Waals surface area contributed by atoms with E-state index in [2.05, 4.69) is 9.97 Å². The molecule has 0 fully saturated rings. The first kappa shape index (κ1) is 22.0. The first-order valence-corrected chi connectivity index (χ1v) is 11.5. The van der Waals surface area contributed by atoms with Gasteiger partial charge in [-0.1, -0.05) is 6.07 Å². The predicted molar refractivity (Wildman–Crippen MR) is 116 cm³/mol. The molecule has 0 unspecified atom stereocenters. The molecule has 0 aromatic carbocycles. The van der Waals surface area contributed by atoms with Gasteiger partial charge in [-0.05, 0) is 18.6 Å². The van der Waals surface area contributed by atoms with Crippen LogP contribution in [0.1, 0.15) is 24.6 Å². The Morgan fingerprint density at radius 2 is 2.23 bits per heavy atom. The highest BCUT2D eigenvalue weighted by Gasteiger charge is 2.16. The van der Waals surface area contributed by atoms with E-state index < -0.39 is 0 Å². The number of thiazole rings is 1. The lowest BCUT2D eigenvalue weighted by atomic mass is 10.2. The Balaban J connectivity index is 1.59. The lowest BCUT2D eigenvalue weighted by molar-refractivity contribution is -0.144. The molecule has 0 saturated carbocycles. The summed E-state index contributed by atoms with van der Waals surface area (Å²) in [4.78, 5) is 47.4. The van der Waals surface area contributed by atoms with Gasteiger partial charge in [0, 0.05) is 48.9 Å². The number of fused-ring (bicyclic) bond motifs is 1. The number of pyridine rings is 1. The number of hydrogen-bond acceptors (Lipinski definition) is 8. The van der Waals surface area contributed by atoms with E-state index in [1.54, 1.807) is 30.4 Å². The van der Waals surface area contributed by atoms with Gasteiger partial charge in [0.2, 0.25) is 5.91 Å². The fourth-order valence-electron chi connectivity index (χ4n) is 2.76. The van der Waals surface area contributed by atoms with E-state index in [-0.39, 0.29) is 36.2 Å². The molecule has 0 aliphatic rings. The first-order valence-electron chi connectivity index (χ1n) is 9.42. The van der Waals surface area contributed by atoms with Crippen LogP contribution in [0.3, 0.4) is 0 Å². The molecule has 0 bridgehead atoms. The summed E-state index contributed by atoms with van der Waals surface area (Å²) in [6.45, 7) is 2.70. The summed E-state index contributed by atoms with van der Waals surface area (Å²) < 4.78 is 6.46. The third-order valence-corrected chi connectivity index (χ3v) is 5.88. The van der Waals surface area contributed by atoms with E-state index in [4.69, 9.17) is 4.74 Å². The van der Waals surface area contributed by atoms with Crippen LogP contribution in [0.2, 0.25) is 0 Å².